The third-order valence-corrected chi connectivity index (χ3v) is 3.13. The van der Waals surface area contributed by atoms with Crippen LogP contribution in [0.2, 0.25) is 0 Å². The Kier molecular flexibility index (Phi) is 3.08. The highest BCUT2D eigenvalue weighted by Gasteiger charge is 2.18. The molecule has 1 fully saturated rings. The number of para-hydroxylation sites is 1. The summed E-state index contributed by atoms with van der Waals surface area (Å²) in [5.41, 5.74) is -0.548. The number of benzene rings is 1. The molecule has 1 unspecified atom stereocenters. The summed E-state index contributed by atoms with van der Waals surface area (Å²) in [5, 5.41) is 0.415. The van der Waals surface area contributed by atoms with Gasteiger partial charge in [-0.05, 0) is 25.0 Å². The standard InChI is InChI=1S/C13H14N2O4/c16-12-9-5-1-2-6-10(9)14-13(17)15(12)19-11-7-3-4-8-18-11/h1-2,5-6,11H,3-4,7-8H2,(H,14,17). The Balaban J connectivity index is 2.03. The molecule has 0 spiro atoms. The summed E-state index contributed by atoms with van der Waals surface area (Å²) in [6.45, 7) is 0.588. The molecule has 1 aromatic heterocycles. The van der Waals surface area contributed by atoms with Crippen molar-refractivity contribution in [1.29, 1.82) is 0 Å². The Morgan fingerprint density at radius 1 is 1.26 bits per heavy atom. The predicted molar refractivity (Wildman–Crippen MR) is 69.0 cm³/mol. The second kappa shape index (κ2) is 4.89. The van der Waals surface area contributed by atoms with Crippen LogP contribution in [0.15, 0.2) is 33.9 Å². The van der Waals surface area contributed by atoms with Gasteiger partial charge in [0, 0.05) is 6.42 Å². The van der Waals surface area contributed by atoms with Gasteiger partial charge in [-0.1, -0.05) is 16.9 Å². The molecule has 0 saturated carbocycles. The number of aromatic amines is 1. The number of hydrogen-bond donors (Lipinski definition) is 1. The van der Waals surface area contributed by atoms with Crippen molar-refractivity contribution in [3.05, 3.63) is 45.1 Å². The van der Waals surface area contributed by atoms with E-state index in [-0.39, 0.29) is 0 Å². The van der Waals surface area contributed by atoms with Gasteiger partial charge in [-0.25, -0.2) is 4.79 Å². The zero-order chi connectivity index (χ0) is 13.2. The molecule has 19 heavy (non-hydrogen) atoms. The van der Waals surface area contributed by atoms with Gasteiger partial charge in [-0.15, -0.1) is 0 Å². The summed E-state index contributed by atoms with van der Waals surface area (Å²) in [5.74, 6) is 0. The monoisotopic (exact) mass is 262 g/mol. The van der Waals surface area contributed by atoms with Crippen molar-refractivity contribution < 1.29 is 9.57 Å². The van der Waals surface area contributed by atoms with Gasteiger partial charge >= 0.3 is 5.69 Å². The molecule has 6 heteroatoms. The summed E-state index contributed by atoms with van der Waals surface area (Å²) < 4.78 is 6.12. The van der Waals surface area contributed by atoms with E-state index in [1.54, 1.807) is 24.3 Å². The number of nitrogens with zero attached hydrogens (tertiary/aromatic N) is 1. The van der Waals surface area contributed by atoms with E-state index >= 15 is 0 Å². The van der Waals surface area contributed by atoms with Gasteiger partial charge in [-0.3, -0.25) is 4.79 Å². The minimum absolute atomic E-state index is 0.415. The first kappa shape index (κ1) is 12.0. The van der Waals surface area contributed by atoms with Crippen LogP contribution in [0.3, 0.4) is 0 Å². The maximum Gasteiger partial charge on any atom is 0.362 e. The number of hydrogen-bond acceptors (Lipinski definition) is 4. The van der Waals surface area contributed by atoms with Crippen LogP contribution in [0.25, 0.3) is 10.9 Å². The van der Waals surface area contributed by atoms with Crippen molar-refractivity contribution in [2.45, 2.75) is 25.6 Å². The Labute approximate surface area is 108 Å². The first-order valence-electron chi connectivity index (χ1n) is 6.28. The fraction of sp³-hybridized carbons (Fsp3) is 0.385. The SMILES string of the molecule is O=c1[nH]c2ccccc2c(=O)n1OC1CCCCO1. The Morgan fingerprint density at radius 3 is 2.89 bits per heavy atom. The molecule has 3 rings (SSSR count). The number of ether oxygens (including phenoxy) is 1. The second-order valence-corrected chi connectivity index (χ2v) is 4.48. The molecule has 6 nitrogen and oxygen atoms in total. The van der Waals surface area contributed by atoms with Gasteiger partial charge in [0.05, 0.1) is 17.5 Å². The van der Waals surface area contributed by atoms with Crippen LogP contribution in [0.4, 0.5) is 0 Å². The maximum atomic E-state index is 12.2. The average molecular weight is 262 g/mol. The lowest BCUT2D eigenvalue weighted by Gasteiger charge is -2.22. The molecule has 0 aliphatic carbocycles. The average Bonchev–Trinajstić information content (AvgIpc) is 2.45. The molecule has 1 aliphatic heterocycles. The first-order chi connectivity index (χ1) is 9.25. The lowest BCUT2D eigenvalue weighted by atomic mass is 10.2. The molecule has 0 radical (unpaired) electrons. The molecule has 1 saturated heterocycles. The molecular weight excluding hydrogens is 248 g/mol. The van der Waals surface area contributed by atoms with E-state index in [0.29, 0.717) is 23.9 Å². The number of nitrogens with one attached hydrogen (secondary N) is 1. The summed E-state index contributed by atoms with van der Waals surface area (Å²) in [6, 6.07) is 6.82. The topological polar surface area (TPSA) is 73.3 Å². The molecule has 1 N–H and O–H groups in total. The summed E-state index contributed by atoms with van der Waals surface area (Å²) in [7, 11) is 0. The molecule has 100 valence electrons. The van der Waals surface area contributed by atoms with E-state index in [2.05, 4.69) is 4.98 Å². The molecule has 1 aliphatic rings. The van der Waals surface area contributed by atoms with Gasteiger partial charge in [0.15, 0.2) is 0 Å². The van der Waals surface area contributed by atoms with Crippen molar-refractivity contribution in [3.63, 3.8) is 0 Å². The van der Waals surface area contributed by atoms with Gasteiger partial charge in [0.1, 0.15) is 0 Å². The van der Waals surface area contributed by atoms with Gasteiger partial charge in [-0.2, -0.15) is 0 Å². The van der Waals surface area contributed by atoms with E-state index in [1.807, 2.05) is 0 Å². The highest BCUT2D eigenvalue weighted by molar-refractivity contribution is 5.76. The van der Waals surface area contributed by atoms with Crippen molar-refractivity contribution in [2.24, 2.45) is 0 Å². The van der Waals surface area contributed by atoms with Crippen LogP contribution in [0.1, 0.15) is 19.3 Å². The van der Waals surface area contributed by atoms with Crippen molar-refractivity contribution in [1.82, 2.24) is 9.71 Å². The van der Waals surface area contributed by atoms with Crippen LogP contribution < -0.4 is 16.1 Å². The molecule has 1 atom stereocenters. The van der Waals surface area contributed by atoms with Gasteiger partial charge < -0.3 is 14.6 Å². The Morgan fingerprint density at radius 2 is 2.11 bits per heavy atom. The second-order valence-electron chi connectivity index (χ2n) is 4.48. The number of rotatable bonds is 2. The van der Waals surface area contributed by atoms with E-state index in [9.17, 15) is 9.59 Å². The van der Waals surface area contributed by atoms with E-state index < -0.39 is 17.5 Å². The van der Waals surface area contributed by atoms with Crippen LogP contribution in [0, 0.1) is 0 Å². The maximum absolute atomic E-state index is 12.2. The summed E-state index contributed by atoms with van der Waals surface area (Å²) in [4.78, 5) is 32.0. The molecule has 2 aromatic rings. The quantitative estimate of drug-likeness (QED) is 0.862. The van der Waals surface area contributed by atoms with E-state index in [4.69, 9.17) is 9.57 Å². The van der Waals surface area contributed by atoms with Crippen LogP contribution in [-0.2, 0) is 4.74 Å². The zero-order valence-electron chi connectivity index (χ0n) is 10.3. The summed E-state index contributed by atoms with van der Waals surface area (Å²) in [6.07, 6.45) is 2.08. The van der Waals surface area contributed by atoms with E-state index in [1.165, 1.54) is 0 Å². The van der Waals surface area contributed by atoms with Crippen molar-refractivity contribution in [3.8, 4) is 0 Å². The molecule has 0 amide bonds. The largest absolute Gasteiger partial charge is 0.374 e. The molecule has 0 bridgehead atoms. The van der Waals surface area contributed by atoms with Crippen molar-refractivity contribution in [2.75, 3.05) is 6.61 Å². The molecule has 1 aromatic carbocycles. The lowest BCUT2D eigenvalue weighted by Crippen LogP contribution is -2.45. The minimum Gasteiger partial charge on any atom is -0.374 e. The third kappa shape index (κ3) is 2.26. The van der Waals surface area contributed by atoms with Crippen molar-refractivity contribution >= 4 is 10.9 Å². The zero-order valence-corrected chi connectivity index (χ0v) is 10.3. The predicted octanol–water partition coefficient (Wildman–Crippen LogP) is 0.645. The third-order valence-electron chi connectivity index (χ3n) is 3.13. The number of fused-ring (bicyclic) bond motifs is 1. The normalized spacial score (nSPS) is 19.5. The molecule has 2 heterocycles. The summed E-state index contributed by atoms with van der Waals surface area (Å²) >= 11 is 0. The van der Waals surface area contributed by atoms with Gasteiger partial charge in [0.25, 0.3) is 5.56 Å². The highest BCUT2D eigenvalue weighted by atomic mass is 16.8. The van der Waals surface area contributed by atoms with Crippen LogP contribution >= 0.6 is 0 Å². The number of aromatic nitrogens is 2. The number of H-pyrrole nitrogens is 1. The Hall–Kier alpha value is -2.08. The smallest absolute Gasteiger partial charge is 0.362 e. The Bertz CT molecular complexity index is 698. The molecular formula is C13H14N2O4. The first-order valence-corrected chi connectivity index (χ1v) is 6.28. The van der Waals surface area contributed by atoms with Crippen LogP contribution in [0.5, 0.6) is 0 Å². The lowest BCUT2D eigenvalue weighted by molar-refractivity contribution is -0.169. The van der Waals surface area contributed by atoms with Gasteiger partial charge in [0.2, 0.25) is 6.29 Å². The minimum atomic E-state index is -0.585. The fourth-order valence-electron chi connectivity index (χ4n) is 2.15. The van der Waals surface area contributed by atoms with E-state index in [0.717, 1.165) is 17.6 Å². The fourth-order valence-corrected chi connectivity index (χ4v) is 2.15. The highest BCUT2D eigenvalue weighted by Crippen LogP contribution is 2.11. The van der Waals surface area contributed by atoms with Crippen LogP contribution in [-0.4, -0.2) is 22.6 Å².